The maximum absolute atomic E-state index is 12.8. The van der Waals surface area contributed by atoms with Crippen molar-refractivity contribution in [3.63, 3.8) is 0 Å². The lowest BCUT2D eigenvalue weighted by Gasteiger charge is -2.36. The van der Waals surface area contributed by atoms with E-state index in [-0.39, 0.29) is 17.6 Å². The maximum Gasteiger partial charge on any atom is 0.416 e. The summed E-state index contributed by atoms with van der Waals surface area (Å²) >= 11 is 0. The zero-order chi connectivity index (χ0) is 21.0. The molecule has 2 aromatic rings. The van der Waals surface area contributed by atoms with Crippen LogP contribution in [0.2, 0.25) is 0 Å². The third-order valence-corrected chi connectivity index (χ3v) is 5.29. The zero-order valence-electron chi connectivity index (χ0n) is 16.4. The number of carbonyl (C=O) groups excluding carboxylic acids is 1. The SMILES string of the molecule is COc1cccc(N2CC[NH+]([C@H](C)C(=O)Nc3cccc(C(F)(F)F)c3)CC2)c1. The van der Waals surface area contributed by atoms with E-state index in [0.29, 0.717) is 0 Å². The summed E-state index contributed by atoms with van der Waals surface area (Å²) in [5.74, 6) is 0.514. The molecule has 2 N–H and O–H groups in total. The number of halogens is 3. The number of benzene rings is 2. The van der Waals surface area contributed by atoms with Gasteiger partial charge in [0.15, 0.2) is 6.04 Å². The highest BCUT2D eigenvalue weighted by atomic mass is 19.4. The number of hydrogen-bond donors (Lipinski definition) is 2. The topological polar surface area (TPSA) is 46.0 Å². The van der Waals surface area contributed by atoms with Gasteiger partial charge in [0.1, 0.15) is 5.75 Å². The van der Waals surface area contributed by atoms with E-state index in [0.717, 1.165) is 54.6 Å². The number of piperazine rings is 1. The summed E-state index contributed by atoms with van der Waals surface area (Å²) in [5.41, 5.74) is 0.456. The second-order valence-electron chi connectivity index (χ2n) is 7.14. The normalized spacial score (nSPS) is 16.4. The molecule has 1 saturated heterocycles. The smallest absolute Gasteiger partial charge is 0.416 e. The molecule has 29 heavy (non-hydrogen) atoms. The van der Waals surface area contributed by atoms with Crippen molar-refractivity contribution in [3.8, 4) is 5.75 Å². The van der Waals surface area contributed by atoms with Crippen molar-refractivity contribution in [1.82, 2.24) is 0 Å². The minimum Gasteiger partial charge on any atom is -0.497 e. The number of nitrogens with one attached hydrogen (secondary N) is 2. The fraction of sp³-hybridized carbons (Fsp3) is 0.381. The molecule has 0 saturated carbocycles. The summed E-state index contributed by atoms with van der Waals surface area (Å²) in [7, 11) is 1.63. The fourth-order valence-corrected chi connectivity index (χ4v) is 3.50. The van der Waals surface area contributed by atoms with Crippen LogP contribution in [0.4, 0.5) is 24.5 Å². The van der Waals surface area contributed by atoms with Gasteiger partial charge in [-0.1, -0.05) is 12.1 Å². The zero-order valence-corrected chi connectivity index (χ0v) is 16.4. The van der Waals surface area contributed by atoms with Crippen molar-refractivity contribution in [2.24, 2.45) is 0 Å². The summed E-state index contributed by atoms with van der Waals surface area (Å²) < 4.78 is 43.8. The van der Waals surface area contributed by atoms with Crippen LogP contribution in [0.15, 0.2) is 48.5 Å². The van der Waals surface area contributed by atoms with Gasteiger partial charge in [0.25, 0.3) is 5.91 Å². The van der Waals surface area contributed by atoms with Crippen LogP contribution in [-0.4, -0.2) is 45.2 Å². The molecule has 0 unspecified atom stereocenters. The second-order valence-corrected chi connectivity index (χ2v) is 7.14. The monoisotopic (exact) mass is 408 g/mol. The molecular weight excluding hydrogens is 383 g/mol. The number of anilines is 2. The van der Waals surface area contributed by atoms with Crippen molar-refractivity contribution in [2.45, 2.75) is 19.1 Å². The minimum absolute atomic E-state index is 0.158. The Hall–Kier alpha value is -2.74. The lowest BCUT2D eigenvalue weighted by molar-refractivity contribution is -0.914. The maximum atomic E-state index is 12.8. The molecule has 156 valence electrons. The summed E-state index contributed by atoms with van der Waals surface area (Å²) in [6.07, 6.45) is -4.44. The molecule has 1 heterocycles. The first-order valence-electron chi connectivity index (χ1n) is 9.49. The van der Waals surface area contributed by atoms with Crippen LogP contribution in [0.5, 0.6) is 5.75 Å². The largest absolute Gasteiger partial charge is 0.497 e. The summed E-state index contributed by atoms with van der Waals surface area (Å²) in [5, 5.41) is 2.62. The predicted octanol–water partition coefficient (Wildman–Crippen LogP) is 2.45. The van der Waals surface area contributed by atoms with Crippen molar-refractivity contribution >= 4 is 17.3 Å². The number of alkyl halides is 3. The van der Waals surface area contributed by atoms with Crippen LogP contribution in [0, 0.1) is 0 Å². The molecule has 0 aromatic heterocycles. The first-order chi connectivity index (χ1) is 13.8. The molecule has 3 rings (SSSR count). The van der Waals surface area contributed by atoms with Gasteiger partial charge in [-0.2, -0.15) is 13.2 Å². The van der Waals surface area contributed by atoms with E-state index in [1.165, 1.54) is 12.1 Å². The molecule has 0 bridgehead atoms. The third-order valence-electron chi connectivity index (χ3n) is 5.29. The molecule has 1 amide bonds. The van der Waals surface area contributed by atoms with Gasteiger partial charge in [-0.3, -0.25) is 4.79 Å². The fourth-order valence-electron chi connectivity index (χ4n) is 3.50. The van der Waals surface area contributed by atoms with Gasteiger partial charge in [-0.05, 0) is 37.3 Å². The second kappa shape index (κ2) is 8.73. The van der Waals surface area contributed by atoms with Crippen molar-refractivity contribution in [2.75, 3.05) is 43.5 Å². The van der Waals surface area contributed by atoms with E-state index in [2.05, 4.69) is 10.2 Å². The number of nitrogens with zero attached hydrogens (tertiary/aromatic N) is 1. The van der Waals surface area contributed by atoms with Gasteiger partial charge < -0.3 is 19.9 Å². The molecule has 0 radical (unpaired) electrons. The van der Waals surface area contributed by atoms with Gasteiger partial charge in [0, 0.05) is 17.4 Å². The van der Waals surface area contributed by atoms with Crippen molar-refractivity contribution in [1.29, 1.82) is 0 Å². The van der Waals surface area contributed by atoms with Crippen LogP contribution in [-0.2, 0) is 11.0 Å². The standard InChI is InChI=1S/C21H24F3N3O2/c1-15(20(28)25-17-6-3-5-16(13-17)21(22,23)24)26-9-11-27(12-10-26)18-7-4-8-19(14-18)29-2/h3-8,13-15H,9-12H2,1-2H3,(H,25,28)/p+1/t15-/m1/s1. The van der Waals surface area contributed by atoms with E-state index in [1.807, 2.05) is 24.3 Å². The van der Waals surface area contributed by atoms with E-state index in [4.69, 9.17) is 4.74 Å². The lowest BCUT2D eigenvalue weighted by atomic mass is 10.1. The highest BCUT2D eigenvalue weighted by Gasteiger charge is 2.32. The van der Waals surface area contributed by atoms with Crippen LogP contribution in [0.1, 0.15) is 12.5 Å². The van der Waals surface area contributed by atoms with Gasteiger partial charge >= 0.3 is 6.18 Å². The number of carbonyl (C=O) groups is 1. The lowest BCUT2D eigenvalue weighted by Crippen LogP contribution is -3.19. The van der Waals surface area contributed by atoms with Crippen molar-refractivity contribution < 1.29 is 27.6 Å². The Bertz CT molecular complexity index is 849. The first-order valence-corrected chi connectivity index (χ1v) is 9.49. The van der Waals surface area contributed by atoms with E-state index in [1.54, 1.807) is 14.0 Å². The Kier molecular flexibility index (Phi) is 6.32. The summed E-state index contributed by atoms with van der Waals surface area (Å²) in [4.78, 5) is 15.9. The molecule has 2 aromatic carbocycles. The highest BCUT2D eigenvalue weighted by Crippen LogP contribution is 2.30. The summed E-state index contributed by atoms with van der Waals surface area (Å²) in [6.45, 7) is 4.88. The van der Waals surface area contributed by atoms with Gasteiger partial charge in [0.2, 0.25) is 0 Å². The molecule has 1 atom stereocenters. The van der Waals surface area contributed by atoms with Gasteiger partial charge in [0.05, 0.1) is 38.9 Å². The average Bonchev–Trinajstić information content (AvgIpc) is 2.73. The number of quaternary nitrogens is 1. The van der Waals surface area contributed by atoms with E-state index in [9.17, 15) is 18.0 Å². The summed E-state index contributed by atoms with van der Waals surface area (Å²) in [6, 6.07) is 12.2. The number of methoxy groups -OCH3 is 1. The molecular formula is C21H25F3N3O2+. The Morgan fingerprint density at radius 1 is 1.14 bits per heavy atom. The van der Waals surface area contributed by atoms with Crippen LogP contribution < -0.4 is 19.9 Å². The Labute approximate surface area is 168 Å². The van der Waals surface area contributed by atoms with E-state index >= 15 is 0 Å². The Morgan fingerprint density at radius 3 is 2.48 bits per heavy atom. The molecule has 1 aliphatic rings. The van der Waals surface area contributed by atoms with Crippen LogP contribution >= 0.6 is 0 Å². The Balaban J connectivity index is 1.57. The molecule has 8 heteroatoms. The number of amides is 1. The molecule has 0 spiro atoms. The van der Waals surface area contributed by atoms with Crippen LogP contribution in [0.25, 0.3) is 0 Å². The van der Waals surface area contributed by atoms with E-state index < -0.39 is 11.7 Å². The highest BCUT2D eigenvalue weighted by molar-refractivity contribution is 5.93. The third kappa shape index (κ3) is 5.20. The minimum atomic E-state index is -4.44. The number of ether oxygens (including phenoxy) is 1. The van der Waals surface area contributed by atoms with Gasteiger partial charge in [-0.25, -0.2) is 0 Å². The van der Waals surface area contributed by atoms with Gasteiger partial charge in [-0.15, -0.1) is 0 Å². The predicted molar refractivity (Wildman–Crippen MR) is 105 cm³/mol. The average molecular weight is 408 g/mol. The molecule has 1 aliphatic heterocycles. The Morgan fingerprint density at radius 2 is 1.83 bits per heavy atom. The van der Waals surface area contributed by atoms with Crippen molar-refractivity contribution in [3.05, 3.63) is 54.1 Å². The molecule has 1 fully saturated rings. The molecule has 5 nitrogen and oxygen atoms in total. The number of hydrogen-bond acceptors (Lipinski definition) is 3. The first kappa shape index (κ1) is 21.0. The molecule has 0 aliphatic carbocycles. The van der Waals surface area contributed by atoms with Crippen LogP contribution in [0.3, 0.4) is 0 Å². The number of rotatable bonds is 5. The quantitative estimate of drug-likeness (QED) is 0.799.